The van der Waals surface area contributed by atoms with Gasteiger partial charge in [-0.05, 0) is 19.1 Å². The Morgan fingerprint density at radius 1 is 1.25 bits per heavy atom. The molecule has 10 heteroatoms. The molecule has 0 aliphatic rings. The van der Waals surface area contributed by atoms with Crippen LogP contribution in [0.25, 0.3) is 0 Å². The van der Waals surface area contributed by atoms with Crippen molar-refractivity contribution in [2.75, 3.05) is 17.6 Å². The summed E-state index contributed by atoms with van der Waals surface area (Å²) in [6, 6.07) is 3.00. The first-order valence-corrected chi connectivity index (χ1v) is 8.00. The molecule has 0 bridgehead atoms. The molecule has 2 aromatic rings. The highest BCUT2D eigenvalue weighted by Gasteiger charge is 2.10. The van der Waals surface area contributed by atoms with E-state index in [1.54, 1.807) is 10.9 Å². The van der Waals surface area contributed by atoms with Crippen molar-refractivity contribution in [3.8, 4) is 0 Å². The first-order valence-electron chi connectivity index (χ1n) is 7.01. The number of amides is 2. The molecule has 0 saturated carbocycles. The molecule has 0 spiro atoms. The highest BCUT2D eigenvalue weighted by Crippen LogP contribution is 2.14. The highest BCUT2D eigenvalue weighted by molar-refractivity contribution is 7.99. The number of halogens is 2. The third-order valence-electron chi connectivity index (χ3n) is 2.90. The Labute approximate surface area is 140 Å². The van der Waals surface area contributed by atoms with Gasteiger partial charge in [-0.15, -0.1) is 10.2 Å². The Balaban J connectivity index is 1.74. The van der Waals surface area contributed by atoms with Crippen LogP contribution in [0, 0.1) is 11.6 Å². The molecular formula is C14H15F2N5O2S. The van der Waals surface area contributed by atoms with E-state index in [2.05, 4.69) is 20.8 Å². The number of carbonyl (C=O) groups is 2. The zero-order valence-corrected chi connectivity index (χ0v) is 13.6. The number of rotatable bonds is 7. The molecule has 1 heterocycles. The molecule has 1 aromatic carbocycles. The van der Waals surface area contributed by atoms with Crippen LogP contribution in [-0.4, -0.2) is 38.9 Å². The number of thioether (sulfide) groups is 1. The van der Waals surface area contributed by atoms with Gasteiger partial charge in [0.25, 0.3) is 0 Å². The minimum Gasteiger partial charge on any atom is -0.346 e. The summed E-state index contributed by atoms with van der Waals surface area (Å²) in [5, 5.41) is 13.0. The maximum Gasteiger partial charge on any atom is 0.243 e. The van der Waals surface area contributed by atoms with E-state index < -0.39 is 17.5 Å². The maximum absolute atomic E-state index is 13.0. The summed E-state index contributed by atoms with van der Waals surface area (Å²) in [7, 11) is 0. The van der Waals surface area contributed by atoms with E-state index in [4.69, 9.17) is 0 Å². The SMILES string of the molecule is CCn1cnnc1SCC(=O)NCC(=O)Nc1ccc(F)c(F)c1. The lowest BCUT2D eigenvalue weighted by Gasteiger charge is -2.07. The largest absolute Gasteiger partial charge is 0.346 e. The van der Waals surface area contributed by atoms with Crippen LogP contribution in [0.15, 0.2) is 29.7 Å². The summed E-state index contributed by atoms with van der Waals surface area (Å²) in [5.74, 6) is -2.88. The number of aryl methyl sites for hydroxylation is 1. The minimum absolute atomic E-state index is 0.0805. The van der Waals surface area contributed by atoms with Crippen LogP contribution in [0.1, 0.15) is 6.92 Å². The number of aromatic nitrogens is 3. The zero-order chi connectivity index (χ0) is 17.5. The molecule has 7 nitrogen and oxygen atoms in total. The van der Waals surface area contributed by atoms with Crippen molar-refractivity contribution in [3.05, 3.63) is 36.2 Å². The maximum atomic E-state index is 13.0. The third-order valence-corrected chi connectivity index (χ3v) is 3.88. The van der Waals surface area contributed by atoms with Gasteiger partial charge in [-0.1, -0.05) is 11.8 Å². The van der Waals surface area contributed by atoms with Crippen LogP contribution >= 0.6 is 11.8 Å². The van der Waals surface area contributed by atoms with Gasteiger partial charge in [-0.2, -0.15) is 0 Å². The van der Waals surface area contributed by atoms with Crippen molar-refractivity contribution in [1.29, 1.82) is 0 Å². The normalized spacial score (nSPS) is 10.5. The topological polar surface area (TPSA) is 88.9 Å². The third kappa shape index (κ3) is 5.01. The van der Waals surface area contributed by atoms with E-state index in [9.17, 15) is 18.4 Å². The molecule has 24 heavy (non-hydrogen) atoms. The first-order chi connectivity index (χ1) is 11.5. The van der Waals surface area contributed by atoms with Gasteiger partial charge in [-0.3, -0.25) is 9.59 Å². The number of carbonyl (C=O) groups excluding carboxylic acids is 2. The van der Waals surface area contributed by atoms with Gasteiger partial charge in [0.15, 0.2) is 16.8 Å². The Kier molecular flexibility index (Phi) is 6.24. The van der Waals surface area contributed by atoms with Crippen LogP contribution in [0.4, 0.5) is 14.5 Å². The van der Waals surface area contributed by atoms with Crippen molar-refractivity contribution in [2.45, 2.75) is 18.6 Å². The molecule has 0 atom stereocenters. The number of anilines is 1. The number of nitrogens with zero attached hydrogens (tertiary/aromatic N) is 3. The van der Waals surface area contributed by atoms with E-state index >= 15 is 0 Å². The molecule has 128 valence electrons. The predicted octanol–water partition coefficient (Wildman–Crippen LogP) is 1.42. The van der Waals surface area contributed by atoms with E-state index in [0.29, 0.717) is 11.7 Å². The van der Waals surface area contributed by atoms with E-state index in [-0.39, 0.29) is 23.9 Å². The van der Waals surface area contributed by atoms with Gasteiger partial charge in [0.2, 0.25) is 11.8 Å². The Morgan fingerprint density at radius 3 is 2.75 bits per heavy atom. The van der Waals surface area contributed by atoms with Crippen LogP contribution in [-0.2, 0) is 16.1 Å². The van der Waals surface area contributed by atoms with Gasteiger partial charge in [-0.25, -0.2) is 8.78 Å². The van der Waals surface area contributed by atoms with Crippen molar-refractivity contribution >= 4 is 29.3 Å². The van der Waals surface area contributed by atoms with E-state index in [1.165, 1.54) is 17.8 Å². The molecule has 0 aliphatic carbocycles. The molecule has 0 unspecified atom stereocenters. The van der Waals surface area contributed by atoms with Crippen molar-refractivity contribution in [1.82, 2.24) is 20.1 Å². The summed E-state index contributed by atoms with van der Waals surface area (Å²) in [6.45, 7) is 2.34. The fourth-order valence-corrected chi connectivity index (χ4v) is 2.52. The second-order valence-electron chi connectivity index (χ2n) is 4.64. The molecule has 0 fully saturated rings. The Morgan fingerprint density at radius 2 is 2.04 bits per heavy atom. The standard InChI is InChI=1S/C14H15F2N5O2S/c1-2-21-8-18-20-14(21)24-7-13(23)17-6-12(22)19-9-3-4-10(15)11(16)5-9/h3-5,8H,2,6-7H2,1H3,(H,17,23)(H,19,22). The Hall–Kier alpha value is -2.49. The van der Waals surface area contributed by atoms with Crippen LogP contribution in [0.2, 0.25) is 0 Å². The molecule has 2 amide bonds. The molecule has 0 radical (unpaired) electrons. The lowest BCUT2D eigenvalue weighted by atomic mass is 10.3. The number of hydrogen-bond acceptors (Lipinski definition) is 5. The monoisotopic (exact) mass is 355 g/mol. The number of benzene rings is 1. The summed E-state index contributed by atoms with van der Waals surface area (Å²) in [4.78, 5) is 23.4. The smallest absolute Gasteiger partial charge is 0.243 e. The molecule has 1 aromatic heterocycles. The first kappa shape index (κ1) is 17.9. The van der Waals surface area contributed by atoms with Crippen molar-refractivity contribution in [2.24, 2.45) is 0 Å². The minimum atomic E-state index is -1.06. The average molecular weight is 355 g/mol. The lowest BCUT2D eigenvalue weighted by Crippen LogP contribution is -2.34. The molecule has 0 saturated heterocycles. The zero-order valence-electron chi connectivity index (χ0n) is 12.8. The molecule has 0 aliphatic heterocycles. The second-order valence-corrected chi connectivity index (χ2v) is 5.58. The quantitative estimate of drug-likeness (QED) is 0.734. The summed E-state index contributed by atoms with van der Waals surface area (Å²) >= 11 is 1.20. The van der Waals surface area contributed by atoms with E-state index in [0.717, 1.165) is 12.1 Å². The average Bonchev–Trinajstić information content (AvgIpc) is 3.02. The number of nitrogens with one attached hydrogen (secondary N) is 2. The van der Waals surface area contributed by atoms with Crippen molar-refractivity contribution < 1.29 is 18.4 Å². The molecular weight excluding hydrogens is 340 g/mol. The molecule has 2 N–H and O–H groups in total. The highest BCUT2D eigenvalue weighted by atomic mass is 32.2. The van der Waals surface area contributed by atoms with Crippen LogP contribution < -0.4 is 10.6 Å². The van der Waals surface area contributed by atoms with Gasteiger partial charge in [0.1, 0.15) is 6.33 Å². The van der Waals surface area contributed by atoms with Crippen LogP contribution in [0.5, 0.6) is 0 Å². The van der Waals surface area contributed by atoms with Gasteiger partial charge in [0.05, 0.1) is 12.3 Å². The second kappa shape index (κ2) is 8.39. The fraction of sp³-hybridized carbons (Fsp3) is 0.286. The summed E-state index contributed by atoms with van der Waals surface area (Å²) in [6.07, 6.45) is 1.56. The predicted molar refractivity (Wildman–Crippen MR) is 84.4 cm³/mol. The Bertz CT molecular complexity index is 738. The molecule has 2 rings (SSSR count). The van der Waals surface area contributed by atoms with Gasteiger partial charge in [0, 0.05) is 18.3 Å². The van der Waals surface area contributed by atoms with Gasteiger partial charge >= 0.3 is 0 Å². The van der Waals surface area contributed by atoms with E-state index in [1.807, 2.05) is 6.92 Å². The number of hydrogen-bond donors (Lipinski definition) is 2. The van der Waals surface area contributed by atoms with Gasteiger partial charge < -0.3 is 15.2 Å². The van der Waals surface area contributed by atoms with Crippen molar-refractivity contribution in [3.63, 3.8) is 0 Å². The lowest BCUT2D eigenvalue weighted by molar-refractivity contribution is -0.122. The summed E-state index contributed by atoms with van der Waals surface area (Å²) in [5.41, 5.74) is 0.110. The summed E-state index contributed by atoms with van der Waals surface area (Å²) < 4.78 is 27.6. The fourth-order valence-electron chi connectivity index (χ4n) is 1.71. The van der Waals surface area contributed by atoms with Crippen LogP contribution in [0.3, 0.4) is 0 Å².